The number of aliphatic hydroxyl groups is 1. The highest BCUT2D eigenvalue weighted by Crippen LogP contribution is 2.55. The van der Waals surface area contributed by atoms with Crippen LogP contribution < -0.4 is 5.32 Å². The second-order valence-electron chi connectivity index (χ2n) is 9.69. The molecular weight excluding hydrogens is 390 g/mol. The fourth-order valence-corrected chi connectivity index (χ4v) is 6.43. The Labute approximate surface area is 182 Å². The van der Waals surface area contributed by atoms with Crippen molar-refractivity contribution in [2.75, 3.05) is 7.11 Å². The zero-order valence-electron chi connectivity index (χ0n) is 17.8. The van der Waals surface area contributed by atoms with E-state index in [4.69, 9.17) is 4.74 Å². The molecule has 4 saturated carbocycles. The van der Waals surface area contributed by atoms with Crippen LogP contribution in [0, 0.1) is 17.8 Å². The smallest absolute Gasteiger partial charge is 0.251 e. The number of amides is 1. The normalized spacial score (nSPS) is 30.9. The molecule has 2 unspecified atom stereocenters. The molecule has 2 N–H and O–H groups in total. The largest absolute Gasteiger partial charge is 0.390 e. The summed E-state index contributed by atoms with van der Waals surface area (Å²) < 4.78 is 5.33. The Morgan fingerprint density at radius 1 is 1.03 bits per heavy atom. The van der Waals surface area contributed by atoms with Gasteiger partial charge in [0.05, 0.1) is 12.2 Å². The van der Waals surface area contributed by atoms with E-state index in [-0.39, 0.29) is 24.3 Å². The Morgan fingerprint density at radius 2 is 1.74 bits per heavy atom. The Morgan fingerprint density at radius 3 is 2.39 bits per heavy atom. The van der Waals surface area contributed by atoms with E-state index >= 15 is 0 Å². The van der Waals surface area contributed by atoms with Crippen LogP contribution in [0.4, 0.5) is 0 Å². The standard InChI is InChI=1S/C26H29NO4/c1-31-15-21-11-18(24(28)17-5-3-2-4-6-17)7-8-22(21)25(29)27-23-19-9-16-10-20(23)14-26(30,12-16)13-19/h2-8,11,16,19-20,23,30H,9-10,12-15H2,1H3,(H,27,29). The quantitative estimate of drug-likeness (QED) is 0.700. The molecule has 2 aromatic rings. The van der Waals surface area contributed by atoms with Crippen molar-refractivity contribution in [1.29, 1.82) is 0 Å². The zero-order chi connectivity index (χ0) is 21.6. The highest BCUT2D eigenvalue weighted by atomic mass is 16.5. The summed E-state index contributed by atoms with van der Waals surface area (Å²) in [6.45, 7) is 0.262. The third kappa shape index (κ3) is 3.81. The molecule has 1 amide bonds. The van der Waals surface area contributed by atoms with Crippen LogP contribution in [-0.2, 0) is 11.3 Å². The summed E-state index contributed by atoms with van der Waals surface area (Å²) in [5, 5.41) is 14.1. The minimum absolute atomic E-state index is 0.0702. The monoisotopic (exact) mass is 419 g/mol. The maximum Gasteiger partial charge on any atom is 0.251 e. The van der Waals surface area contributed by atoms with Crippen LogP contribution in [0.2, 0.25) is 0 Å². The number of ether oxygens (including phenoxy) is 1. The molecule has 0 radical (unpaired) electrons. The van der Waals surface area contributed by atoms with Gasteiger partial charge in [-0.15, -0.1) is 0 Å². The summed E-state index contributed by atoms with van der Waals surface area (Å²) in [4.78, 5) is 26.1. The van der Waals surface area contributed by atoms with Gasteiger partial charge in [0.25, 0.3) is 5.91 Å². The van der Waals surface area contributed by atoms with Crippen molar-refractivity contribution in [3.8, 4) is 0 Å². The van der Waals surface area contributed by atoms with E-state index in [1.54, 1.807) is 37.4 Å². The maximum atomic E-state index is 13.2. The number of methoxy groups -OCH3 is 1. The third-order valence-corrected chi connectivity index (χ3v) is 7.49. The average Bonchev–Trinajstić information content (AvgIpc) is 2.75. The van der Waals surface area contributed by atoms with Crippen LogP contribution >= 0.6 is 0 Å². The molecule has 0 aromatic heterocycles. The Kier molecular flexibility index (Phi) is 5.19. The number of carbonyl (C=O) groups is 2. The second kappa shape index (κ2) is 7.88. The summed E-state index contributed by atoms with van der Waals surface area (Å²) in [7, 11) is 1.59. The summed E-state index contributed by atoms with van der Waals surface area (Å²) in [6, 6.07) is 14.5. The van der Waals surface area contributed by atoms with Crippen molar-refractivity contribution in [2.45, 2.75) is 50.4 Å². The second-order valence-corrected chi connectivity index (χ2v) is 9.69. The maximum absolute atomic E-state index is 13.2. The molecule has 4 aliphatic rings. The molecule has 162 valence electrons. The molecule has 2 aromatic carbocycles. The highest BCUT2D eigenvalue weighted by Gasteiger charge is 2.55. The lowest BCUT2D eigenvalue weighted by Crippen LogP contribution is -2.61. The van der Waals surface area contributed by atoms with Gasteiger partial charge < -0.3 is 15.2 Å². The van der Waals surface area contributed by atoms with E-state index in [2.05, 4.69) is 5.32 Å². The molecule has 0 saturated heterocycles. The fourth-order valence-electron chi connectivity index (χ4n) is 6.43. The van der Waals surface area contributed by atoms with E-state index in [9.17, 15) is 14.7 Å². The minimum atomic E-state index is -0.515. The molecule has 4 fully saturated rings. The number of nitrogens with one attached hydrogen (secondary N) is 1. The Balaban J connectivity index is 1.37. The Bertz CT molecular complexity index is 986. The minimum Gasteiger partial charge on any atom is -0.390 e. The summed E-state index contributed by atoms with van der Waals surface area (Å²) in [5.74, 6) is 1.12. The molecule has 31 heavy (non-hydrogen) atoms. The fraction of sp³-hybridized carbons (Fsp3) is 0.462. The van der Waals surface area contributed by atoms with Crippen LogP contribution in [0.15, 0.2) is 48.5 Å². The van der Waals surface area contributed by atoms with Gasteiger partial charge in [0, 0.05) is 29.8 Å². The van der Waals surface area contributed by atoms with E-state index in [1.165, 1.54) is 0 Å². The first-order valence-corrected chi connectivity index (χ1v) is 11.2. The molecule has 5 heteroatoms. The number of hydrogen-bond donors (Lipinski definition) is 2. The van der Waals surface area contributed by atoms with Crippen LogP contribution in [0.3, 0.4) is 0 Å². The predicted octanol–water partition coefficient (Wildman–Crippen LogP) is 3.73. The average molecular weight is 420 g/mol. The van der Waals surface area contributed by atoms with Crippen LogP contribution in [0.1, 0.15) is 63.9 Å². The molecule has 4 bridgehead atoms. The molecular formula is C26H29NO4. The number of rotatable bonds is 6. The topological polar surface area (TPSA) is 75.6 Å². The van der Waals surface area contributed by atoms with Gasteiger partial charge in [0.15, 0.2) is 5.78 Å². The predicted molar refractivity (Wildman–Crippen MR) is 117 cm³/mol. The molecule has 0 heterocycles. The zero-order valence-corrected chi connectivity index (χ0v) is 17.8. The lowest BCUT2D eigenvalue weighted by molar-refractivity contribution is -0.136. The number of benzene rings is 2. The molecule has 5 nitrogen and oxygen atoms in total. The molecule has 0 aliphatic heterocycles. The van der Waals surface area contributed by atoms with E-state index in [1.807, 2.05) is 18.2 Å². The summed E-state index contributed by atoms with van der Waals surface area (Å²) in [5.41, 5.74) is 1.92. The van der Waals surface area contributed by atoms with Crippen LogP contribution in [0.5, 0.6) is 0 Å². The number of hydrogen-bond acceptors (Lipinski definition) is 4. The first-order chi connectivity index (χ1) is 15.0. The lowest BCUT2D eigenvalue weighted by Gasteiger charge is -2.58. The van der Waals surface area contributed by atoms with Gasteiger partial charge in [-0.1, -0.05) is 36.4 Å². The first-order valence-electron chi connectivity index (χ1n) is 11.2. The van der Waals surface area contributed by atoms with Crippen LogP contribution in [0.25, 0.3) is 0 Å². The van der Waals surface area contributed by atoms with Crippen molar-refractivity contribution < 1.29 is 19.4 Å². The number of carbonyl (C=O) groups excluding carboxylic acids is 2. The van der Waals surface area contributed by atoms with Crippen molar-refractivity contribution in [3.63, 3.8) is 0 Å². The van der Waals surface area contributed by atoms with E-state index in [0.717, 1.165) is 32.1 Å². The van der Waals surface area contributed by atoms with Gasteiger partial charge in [-0.25, -0.2) is 0 Å². The van der Waals surface area contributed by atoms with Crippen molar-refractivity contribution >= 4 is 11.7 Å². The van der Waals surface area contributed by atoms with Gasteiger partial charge >= 0.3 is 0 Å². The first kappa shape index (κ1) is 20.4. The summed E-state index contributed by atoms with van der Waals surface area (Å²) >= 11 is 0. The van der Waals surface area contributed by atoms with Gasteiger partial charge in [-0.2, -0.15) is 0 Å². The molecule has 2 atom stereocenters. The van der Waals surface area contributed by atoms with Gasteiger partial charge in [0.2, 0.25) is 0 Å². The highest BCUT2D eigenvalue weighted by molar-refractivity contribution is 6.09. The third-order valence-electron chi connectivity index (χ3n) is 7.49. The van der Waals surface area contributed by atoms with Crippen molar-refractivity contribution in [3.05, 3.63) is 70.8 Å². The van der Waals surface area contributed by atoms with Gasteiger partial charge in [-0.3, -0.25) is 9.59 Å². The van der Waals surface area contributed by atoms with E-state index in [0.29, 0.717) is 40.0 Å². The molecule has 4 aliphatic carbocycles. The SMILES string of the molecule is COCc1cc(C(=O)c2ccccc2)ccc1C(=O)NC1C2CC3CC1CC(O)(C3)C2. The van der Waals surface area contributed by atoms with E-state index < -0.39 is 5.60 Å². The summed E-state index contributed by atoms with van der Waals surface area (Å²) in [6.07, 6.45) is 4.70. The number of ketones is 1. The Hall–Kier alpha value is -2.50. The van der Waals surface area contributed by atoms with Crippen molar-refractivity contribution in [2.24, 2.45) is 17.8 Å². The van der Waals surface area contributed by atoms with Crippen LogP contribution in [-0.4, -0.2) is 35.5 Å². The molecule has 6 rings (SSSR count). The molecule has 0 spiro atoms. The lowest BCUT2D eigenvalue weighted by atomic mass is 9.52. The van der Waals surface area contributed by atoms with Crippen molar-refractivity contribution in [1.82, 2.24) is 5.32 Å². The van der Waals surface area contributed by atoms with Gasteiger partial charge in [0.1, 0.15) is 0 Å². The van der Waals surface area contributed by atoms with Gasteiger partial charge in [-0.05, 0) is 67.6 Å².